The second-order valence-corrected chi connectivity index (χ2v) is 8.00. The van der Waals surface area contributed by atoms with Crippen LogP contribution in [0.25, 0.3) is 0 Å². The quantitative estimate of drug-likeness (QED) is 0.905. The molecule has 6 unspecified atom stereocenters. The molecule has 3 aliphatic rings. The third-order valence-corrected chi connectivity index (χ3v) is 6.76. The molecule has 4 rings (SSSR count). The number of thiazole rings is 1. The lowest BCUT2D eigenvalue weighted by Gasteiger charge is -2.33. The molecular formula is C16H24N2S. The maximum absolute atomic E-state index is 4.64. The summed E-state index contributed by atoms with van der Waals surface area (Å²) in [7, 11) is 0. The van der Waals surface area contributed by atoms with Crippen molar-refractivity contribution >= 4 is 11.3 Å². The third-order valence-electron chi connectivity index (χ3n) is 5.97. The van der Waals surface area contributed by atoms with Crippen molar-refractivity contribution in [3.8, 4) is 0 Å². The predicted molar refractivity (Wildman–Crippen MR) is 79.2 cm³/mol. The van der Waals surface area contributed by atoms with E-state index in [1.807, 2.05) is 0 Å². The average molecular weight is 276 g/mol. The maximum atomic E-state index is 4.64. The van der Waals surface area contributed by atoms with Crippen molar-refractivity contribution in [2.24, 2.45) is 23.7 Å². The van der Waals surface area contributed by atoms with Gasteiger partial charge < -0.3 is 5.32 Å². The first-order chi connectivity index (χ1) is 9.22. The fraction of sp³-hybridized carbons (Fsp3) is 0.812. The van der Waals surface area contributed by atoms with E-state index in [2.05, 4.69) is 29.5 Å². The molecule has 3 heteroatoms. The van der Waals surface area contributed by atoms with Crippen LogP contribution < -0.4 is 5.32 Å². The van der Waals surface area contributed by atoms with Gasteiger partial charge in [-0.2, -0.15) is 0 Å². The van der Waals surface area contributed by atoms with Crippen LogP contribution >= 0.6 is 11.3 Å². The topological polar surface area (TPSA) is 24.9 Å². The Bertz CT molecular complexity index is 469. The smallest absolute Gasteiger partial charge is 0.0898 e. The second-order valence-electron chi connectivity index (χ2n) is 6.94. The van der Waals surface area contributed by atoms with Gasteiger partial charge in [-0.3, -0.25) is 0 Å². The van der Waals surface area contributed by atoms with E-state index in [-0.39, 0.29) is 0 Å². The molecule has 3 aliphatic carbocycles. The summed E-state index contributed by atoms with van der Waals surface area (Å²) in [4.78, 5) is 4.64. The minimum absolute atomic E-state index is 0.425. The number of nitrogens with one attached hydrogen (secondary N) is 1. The Hall–Kier alpha value is -0.410. The Kier molecular flexibility index (Phi) is 2.96. The van der Waals surface area contributed by atoms with Gasteiger partial charge in [-0.25, -0.2) is 4.98 Å². The highest BCUT2D eigenvalue weighted by atomic mass is 32.1. The van der Waals surface area contributed by atoms with Crippen LogP contribution in [0.4, 0.5) is 0 Å². The summed E-state index contributed by atoms with van der Waals surface area (Å²) >= 11 is 1.77. The number of aromatic nitrogens is 1. The molecule has 6 atom stereocenters. The first-order valence-electron chi connectivity index (χ1n) is 7.90. The van der Waals surface area contributed by atoms with E-state index >= 15 is 0 Å². The van der Waals surface area contributed by atoms with Crippen molar-refractivity contribution in [3.05, 3.63) is 16.1 Å². The Morgan fingerprint density at radius 3 is 2.89 bits per heavy atom. The number of aryl methyl sites for hydroxylation is 1. The predicted octanol–water partition coefficient (Wildman–Crippen LogP) is 3.93. The lowest BCUT2D eigenvalue weighted by atomic mass is 9.79. The van der Waals surface area contributed by atoms with Crippen molar-refractivity contribution in [2.75, 3.05) is 0 Å². The summed E-state index contributed by atoms with van der Waals surface area (Å²) in [5, 5.41) is 7.30. The molecule has 3 fully saturated rings. The van der Waals surface area contributed by atoms with Crippen LogP contribution in [-0.2, 0) is 0 Å². The van der Waals surface area contributed by atoms with Crippen LogP contribution in [0, 0.1) is 30.6 Å². The van der Waals surface area contributed by atoms with E-state index in [1.54, 1.807) is 11.3 Å². The van der Waals surface area contributed by atoms with Crippen LogP contribution in [0.3, 0.4) is 0 Å². The van der Waals surface area contributed by atoms with E-state index in [0.717, 1.165) is 29.7 Å². The van der Waals surface area contributed by atoms with Crippen molar-refractivity contribution < 1.29 is 0 Å². The molecule has 0 saturated heterocycles. The minimum Gasteiger partial charge on any atom is -0.306 e. The van der Waals surface area contributed by atoms with Gasteiger partial charge in [0.25, 0.3) is 0 Å². The first kappa shape index (κ1) is 12.3. The highest BCUT2D eigenvalue weighted by molar-refractivity contribution is 7.09. The lowest BCUT2D eigenvalue weighted by molar-refractivity contribution is 0.199. The number of rotatable bonds is 3. The fourth-order valence-corrected chi connectivity index (χ4v) is 5.95. The summed E-state index contributed by atoms with van der Waals surface area (Å²) in [6, 6.07) is 1.19. The van der Waals surface area contributed by atoms with Gasteiger partial charge in [-0.1, -0.05) is 6.42 Å². The molecular weight excluding hydrogens is 252 g/mol. The van der Waals surface area contributed by atoms with Gasteiger partial charge in [-0.15, -0.1) is 11.3 Å². The maximum Gasteiger partial charge on any atom is 0.0898 e. The highest BCUT2D eigenvalue weighted by Crippen LogP contribution is 2.58. The minimum atomic E-state index is 0.425. The van der Waals surface area contributed by atoms with Gasteiger partial charge in [0.2, 0.25) is 0 Å². The molecule has 19 heavy (non-hydrogen) atoms. The zero-order valence-electron chi connectivity index (χ0n) is 11.9. The third kappa shape index (κ3) is 1.97. The van der Waals surface area contributed by atoms with E-state index < -0.39 is 0 Å². The van der Waals surface area contributed by atoms with Crippen LogP contribution in [0.2, 0.25) is 0 Å². The van der Waals surface area contributed by atoms with Crippen LogP contribution in [0.15, 0.2) is 5.38 Å². The van der Waals surface area contributed by atoms with E-state index in [0.29, 0.717) is 6.04 Å². The van der Waals surface area contributed by atoms with Crippen molar-refractivity contribution in [1.29, 1.82) is 0 Å². The van der Waals surface area contributed by atoms with E-state index in [1.165, 1.54) is 42.8 Å². The Morgan fingerprint density at radius 1 is 1.26 bits per heavy atom. The summed E-state index contributed by atoms with van der Waals surface area (Å²) in [5.41, 5.74) is 1.24. The van der Waals surface area contributed by atoms with E-state index in [9.17, 15) is 0 Å². The fourth-order valence-electron chi connectivity index (χ4n) is 5.25. The molecule has 0 spiro atoms. The molecule has 1 aromatic rings. The molecule has 0 amide bonds. The summed E-state index contributed by atoms with van der Waals surface area (Å²) in [5.74, 6) is 4.17. The van der Waals surface area contributed by atoms with Gasteiger partial charge >= 0.3 is 0 Å². The normalized spacial score (nSPS) is 41.7. The standard InChI is InChI=1S/C16H24N2S/c1-9(16-8-19-10(2)18-16)17-15-7-11-6-14(15)13-5-3-4-12(11)13/h8-9,11-15,17H,3-7H2,1-2H3. The number of hydrogen-bond donors (Lipinski definition) is 1. The van der Waals surface area contributed by atoms with Crippen molar-refractivity contribution in [2.45, 2.75) is 58.0 Å². The monoisotopic (exact) mass is 276 g/mol. The van der Waals surface area contributed by atoms with Crippen LogP contribution in [-0.4, -0.2) is 11.0 Å². The molecule has 3 saturated carbocycles. The number of hydrogen-bond acceptors (Lipinski definition) is 3. The molecule has 2 nitrogen and oxygen atoms in total. The lowest BCUT2D eigenvalue weighted by Crippen LogP contribution is -2.40. The van der Waals surface area contributed by atoms with Crippen LogP contribution in [0.5, 0.6) is 0 Å². The Balaban J connectivity index is 1.44. The van der Waals surface area contributed by atoms with Gasteiger partial charge in [0.1, 0.15) is 0 Å². The SMILES string of the molecule is Cc1nc(C(C)NC2CC3CC2C2CCCC32)cs1. The van der Waals surface area contributed by atoms with Gasteiger partial charge in [0.15, 0.2) is 0 Å². The molecule has 0 radical (unpaired) electrons. The Morgan fingerprint density at radius 2 is 2.11 bits per heavy atom. The van der Waals surface area contributed by atoms with Gasteiger partial charge in [0, 0.05) is 17.5 Å². The zero-order chi connectivity index (χ0) is 13.0. The molecule has 1 N–H and O–H groups in total. The molecule has 104 valence electrons. The van der Waals surface area contributed by atoms with Gasteiger partial charge in [-0.05, 0) is 63.2 Å². The largest absolute Gasteiger partial charge is 0.306 e. The van der Waals surface area contributed by atoms with E-state index in [4.69, 9.17) is 0 Å². The average Bonchev–Trinajstić information content (AvgIpc) is 3.08. The second kappa shape index (κ2) is 4.56. The molecule has 2 bridgehead atoms. The molecule has 1 aromatic heterocycles. The van der Waals surface area contributed by atoms with Crippen LogP contribution in [0.1, 0.15) is 55.8 Å². The molecule has 0 aromatic carbocycles. The van der Waals surface area contributed by atoms with Gasteiger partial charge in [0.05, 0.1) is 10.7 Å². The Labute approximate surface area is 120 Å². The zero-order valence-corrected chi connectivity index (χ0v) is 12.7. The number of fused-ring (bicyclic) bond motifs is 5. The first-order valence-corrected chi connectivity index (χ1v) is 8.78. The summed E-state index contributed by atoms with van der Waals surface area (Å²) < 4.78 is 0. The summed E-state index contributed by atoms with van der Waals surface area (Å²) in [6.45, 7) is 4.38. The highest BCUT2D eigenvalue weighted by Gasteiger charge is 2.53. The molecule has 1 heterocycles. The molecule has 0 aliphatic heterocycles. The summed E-state index contributed by atoms with van der Waals surface area (Å²) in [6.07, 6.45) is 7.47. The number of nitrogens with zero attached hydrogens (tertiary/aromatic N) is 1. The van der Waals surface area contributed by atoms with Crippen molar-refractivity contribution in [1.82, 2.24) is 10.3 Å². The van der Waals surface area contributed by atoms with Crippen molar-refractivity contribution in [3.63, 3.8) is 0 Å².